The molecule has 42 heavy (non-hydrogen) atoms. The van der Waals surface area contributed by atoms with Gasteiger partial charge in [0, 0.05) is 25.6 Å². The molecule has 218 valence electrons. The number of rotatable bonds is 11. The Morgan fingerprint density at radius 1 is 0.833 bits per heavy atom. The summed E-state index contributed by atoms with van der Waals surface area (Å²) in [6, 6.07) is 24.6. The van der Waals surface area contributed by atoms with Crippen molar-refractivity contribution in [3.8, 4) is 0 Å². The number of carbonyl (C=O) groups excluding carboxylic acids is 2. The van der Waals surface area contributed by atoms with Crippen LogP contribution in [0.4, 0.5) is 14.5 Å². The van der Waals surface area contributed by atoms with Crippen LogP contribution in [0.25, 0.3) is 0 Å². The van der Waals surface area contributed by atoms with Gasteiger partial charge in [-0.05, 0) is 55.0 Å². The Morgan fingerprint density at radius 2 is 1.45 bits per heavy atom. The van der Waals surface area contributed by atoms with Gasteiger partial charge in [-0.1, -0.05) is 66.2 Å². The molecule has 2 amide bonds. The molecule has 4 rings (SSSR count). The van der Waals surface area contributed by atoms with Crippen molar-refractivity contribution < 1.29 is 26.8 Å². The van der Waals surface area contributed by atoms with E-state index in [1.54, 1.807) is 54.6 Å². The van der Waals surface area contributed by atoms with Gasteiger partial charge in [0.25, 0.3) is 10.0 Å². The van der Waals surface area contributed by atoms with Crippen molar-refractivity contribution >= 4 is 27.5 Å². The van der Waals surface area contributed by atoms with Gasteiger partial charge in [-0.3, -0.25) is 13.9 Å². The van der Waals surface area contributed by atoms with Gasteiger partial charge in [0.15, 0.2) is 0 Å². The number of anilines is 1. The van der Waals surface area contributed by atoms with Crippen LogP contribution in [0.2, 0.25) is 0 Å². The van der Waals surface area contributed by atoms with E-state index < -0.39 is 46.1 Å². The van der Waals surface area contributed by atoms with Crippen LogP contribution >= 0.6 is 0 Å². The molecule has 0 fully saturated rings. The van der Waals surface area contributed by atoms with E-state index in [0.717, 1.165) is 39.7 Å². The number of likely N-dealkylation sites (N-methyl/N-ethyl adjacent to an activating group) is 1. The predicted molar refractivity (Wildman–Crippen MR) is 157 cm³/mol. The van der Waals surface area contributed by atoms with Crippen molar-refractivity contribution in [2.45, 2.75) is 30.8 Å². The topological polar surface area (TPSA) is 86.8 Å². The molecule has 1 N–H and O–H groups in total. The van der Waals surface area contributed by atoms with Crippen molar-refractivity contribution in [2.24, 2.45) is 0 Å². The number of sulfonamides is 1. The number of carbonyl (C=O) groups is 2. The summed E-state index contributed by atoms with van der Waals surface area (Å²) in [5.74, 6) is -2.40. The normalized spacial score (nSPS) is 11.9. The summed E-state index contributed by atoms with van der Waals surface area (Å²) in [5.41, 5.74) is 1.99. The first-order valence-corrected chi connectivity index (χ1v) is 14.7. The minimum atomic E-state index is -4.36. The van der Waals surface area contributed by atoms with Crippen LogP contribution in [-0.2, 0) is 32.6 Å². The fourth-order valence-corrected chi connectivity index (χ4v) is 5.92. The van der Waals surface area contributed by atoms with Crippen molar-refractivity contribution in [3.05, 3.63) is 131 Å². The molecule has 0 radical (unpaired) electrons. The Balaban J connectivity index is 1.79. The number of aryl methyl sites for hydroxylation is 1. The van der Waals surface area contributed by atoms with Gasteiger partial charge in [-0.2, -0.15) is 0 Å². The fraction of sp³-hybridized carbons (Fsp3) is 0.188. The van der Waals surface area contributed by atoms with Gasteiger partial charge in [-0.15, -0.1) is 0 Å². The SMILES string of the molecule is CNC(=O)[C@H](Cc1ccccc1)N(Cc1ccccc1F)C(=O)CN(c1ccc(C)cc1)S(=O)(=O)c1ccc(F)cc1. The molecular formula is C32H31F2N3O4S. The first kappa shape index (κ1) is 30.4. The zero-order valence-corrected chi connectivity index (χ0v) is 24.0. The second-order valence-corrected chi connectivity index (χ2v) is 11.6. The van der Waals surface area contributed by atoms with E-state index in [1.807, 2.05) is 13.0 Å². The summed E-state index contributed by atoms with van der Waals surface area (Å²) in [4.78, 5) is 28.3. The standard InChI is InChI=1S/C32H31F2N3O4S/c1-23-12-16-27(17-13-23)37(42(40,41)28-18-14-26(33)15-19-28)22-31(38)36(21-25-10-6-7-11-29(25)34)30(32(39)35-2)20-24-8-4-3-5-9-24/h3-19,30H,20-22H2,1-2H3,(H,35,39)/t30-/m0/s1. The Kier molecular flexibility index (Phi) is 9.69. The minimum Gasteiger partial charge on any atom is -0.357 e. The lowest BCUT2D eigenvalue weighted by Crippen LogP contribution is -2.53. The monoisotopic (exact) mass is 591 g/mol. The highest BCUT2D eigenvalue weighted by Gasteiger charge is 2.34. The smallest absolute Gasteiger partial charge is 0.264 e. The third kappa shape index (κ3) is 7.19. The average molecular weight is 592 g/mol. The van der Waals surface area contributed by atoms with Gasteiger partial charge in [0.2, 0.25) is 11.8 Å². The third-order valence-corrected chi connectivity index (χ3v) is 8.61. The summed E-state index contributed by atoms with van der Waals surface area (Å²) >= 11 is 0. The maximum Gasteiger partial charge on any atom is 0.264 e. The Morgan fingerprint density at radius 3 is 2.07 bits per heavy atom. The molecule has 4 aromatic rings. The zero-order chi connectivity index (χ0) is 30.3. The lowest BCUT2D eigenvalue weighted by molar-refractivity contribution is -0.139. The number of amides is 2. The molecule has 0 aliphatic rings. The van der Waals surface area contributed by atoms with E-state index in [0.29, 0.717) is 0 Å². The van der Waals surface area contributed by atoms with Gasteiger partial charge >= 0.3 is 0 Å². The van der Waals surface area contributed by atoms with E-state index in [4.69, 9.17) is 0 Å². The molecule has 0 bridgehead atoms. The van der Waals surface area contributed by atoms with Crippen LogP contribution in [0.3, 0.4) is 0 Å². The first-order valence-electron chi connectivity index (χ1n) is 13.2. The molecule has 0 aromatic heterocycles. The highest BCUT2D eigenvalue weighted by molar-refractivity contribution is 7.92. The van der Waals surface area contributed by atoms with E-state index in [-0.39, 0.29) is 29.1 Å². The third-order valence-electron chi connectivity index (χ3n) is 6.82. The van der Waals surface area contributed by atoms with Crippen molar-refractivity contribution in [3.63, 3.8) is 0 Å². The number of nitrogens with zero attached hydrogens (tertiary/aromatic N) is 2. The van der Waals surface area contributed by atoms with Crippen molar-refractivity contribution in [2.75, 3.05) is 17.9 Å². The molecule has 1 atom stereocenters. The largest absolute Gasteiger partial charge is 0.357 e. The predicted octanol–water partition coefficient (Wildman–Crippen LogP) is 4.85. The summed E-state index contributed by atoms with van der Waals surface area (Å²) < 4.78 is 57.1. The van der Waals surface area contributed by atoms with Crippen LogP contribution in [0.5, 0.6) is 0 Å². The average Bonchev–Trinajstić information content (AvgIpc) is 2.99. The summed E-state index contributed by atoms with van der Waals surface area (Å²) in [6.45, 7) is 0.857. The molecular weight excluding hydrogens is 560 g/mol. The highest BCUT2D eigenvalue weighted by atomic mass is 32.2. The first-order chi connectivity index (χ1) is 20.1. The molecule has 0 aliphatic carbocycles. The second kappa shape index (κ2) is 13.4. The van der Waals surface area contributed by atoms with E-state index in [1.165, 1.54) is 30.1 Å². The number of hydrogen-bond acceptors (Lipinski definition) is 4. The lowest BCUT2D eigenvalue weighted by Gasteiger charge is -2.33. The van der Waals surface area contributed by atoms with Crippen LogP contribution in [-0.4, -0.2) is 44.8 Å². The number of halogens is 2. The van der Waals surface area contributed by atoms with Crippen LogP contribution in [0.1, 0.15) is 16.7 Å². The molecule has 0 aliphatic heterocycles. The summed E-state index contributed by atoms with van der Waals surface area (Å²) in [5, 5.41) is 2.58. The summed E-state index contributed by atoms with van der Waals surface area (Å²) in [7, 11) is -2.92. The van der Waals surface area contributed by atoms with Crippen molar-refractivity contribution in [1.82, 2.24) is 10.2 Å². The van der Waals surface area contributed by atoms with Gasteiger partial charge in [0.1, 0.15) is 24.2 Å². The molecule has 0 saturated heterocycles. The Hall–Kier alpha value is -4.57. The van der Waals surface area contributed by atoms with Gasteiger partial charge in [0.05, 0.1) is 10.6 Å². The van der Waals surface area contributed by atoms with Crippen LogP contribution in [0.15, 0.2) is 108 Å². The van der Waals surface area contributed by atoms with Crippen molar-refractivity contribution in [1.29, 1.82) is 0 Å². The molecule has 0 unspecified atom stereocenters. The molecule has 0 saturated carbocycles. The zero-order valence-electron chi connectivity index (χ0n) is 23.2. The molecule has 7 nitrogen and oxygen atoms in total. The fourth-order valence-electron chi connectivity index (χ4n) is 4.50. The van der Waals surface area contributed by atoms with Crippen LogP contribution < -0.4 is 9.62 Å². The highest BCUT2D eigenvalue weighted by Crippen LogP contribution is 2.26. The maximum absolute atomic E-state index is 14.8. The molecule has 0 heterocycles. The van der Waals surface area contributed by atoms with Gasteiger partial charge < -0.3 is 10.2 Å². The Bertz CT molecular complexity index is 1630. The number of benzene rings is 4. The number of nitrogens with one attached hydrogen (secondary N) is 1. The molecule has 4 aromatic carbocycles. The second-order valence-electron chi connectivity index (χ2n) is 9.73. The lowest BCUT2D eigenvalue weighted by atomic mass is 10.0. The quantitative estimate of drug-likeness (QED) is 0.270. The van der Waals surface area contributed by atoms with Gasteiger partial charge in [-0.25, -0.2) is 17.2 Å². The number of hydrogen-bond donors (Lipinski definition) is 1. The molecule has 0 spiro atoms. The molecule has 10 heteroatoms. The van der Waals surface area contributed by atoms with E-state index >= 15 is 0 Å². The van der Waals surface area contributed by atoms with E-state index in [2.05, 4.69) is 5.32 Å². The Labute approximate surface area is 244 Å². The van der Waals surface area contributed by atoms with Crippen LogP contribution in [0, 0.1) is 18.6 Å². The van der Waals surface area contributed by atoms with E-state index in [9.17, 15) is 26.8 Å². The maximum atomic E-state index is 14.8. The summed E-state index contributed by atoms with van der Waals surface area (Å²) in [6.07, 6.45) is 0.107. The minimum absolute atomic E-state index is 0.107.